The SMILES string of the molecule is CC(C)(C)[S+]([O-])/N=C/c1cc2ccc(C(F)(F)F)cc2o1. The molecular formula is C14H14F3NO2S. The van der Waals surface area contributed by atoms with E-state index in [1.165, 1.54) is 12.3 Å². The van der Waals surface area contributed by atoms with Crippen molar-refractivity contribution in [1.82, 2.24) is 0 Å². The predicted octanol–water partition coefficient (Wildman–Crippen LogP) is 4.33. The van der Waals surface area contributed by atoms with Crippen molar-refractivity contribution in [3.05, 3.63) is 35.6 Å². The van der Waals surface area contributed by atoms with Gasteiger partial charge < -0.3 is 8.97 Å². The first kappa shape index (κ1) is 15.9. The van der Waals surface area contributed by atoms with E-state index in [1.54, 1.807) is 26.8 Å². The lowest BCUT2D eigenvalue weighted by molar-refractivity contribution is -0.137. The van der Waals surface area contributed by atoms with Crippen LogP contribution in [0.2, 0.25) is 0 Å². The van der Waals surface area contributed by atoms with Crippen LogP contribution < -0.4 is 0 Å². The van der Waals surface area contributed by atoms with Gasteiger partial charge in [0.1, 0.15) is 27.9 Å². The molecule has 1 atom stereocenters. The lowest BCUT2D eigenvalue weighted by Gasteiger charge is -2.17. The maximum absolute atomic E-state index is 12.6. The molecule has 1 heterocycles. The number of fused-ring (bicyclic) bond motifs is 1. The molecular weight excluding hydrogens is 303 g/mol. The molecule has 1 aromatic heterocycles. The Morgan fingerprint density at radius 2 is 1.86 bits per heavy atom. The Hall–Kier alpha value is -1.47. The summed E-state index contributed by atoms with van der Waals surface area (Å²) in [5, 5.41) is 0.533. The van der Waals surface area contributed by atoms with E-state index in [9.17, 15) is 17.7 Å². The van der Waals surface area contributed by atoms with Crippen molar-refractivity contribution in [2.24, 2.45) is 4.40 Å². The minimum Gasteiger partial charge on any atom is -0.591 e. The van der Waals surface area contributed by atoms with Gasteiger partial charge in [0.25, 0.3) is 0 Å². The Balaban J connectivity index is 2.30. The van der Waals surface area contributed by atoms with E-state index in [0.717, 1.165) is 12.1 Å². The molecule has 0 saturated carbocycles. The normalized spacial score (nSPS) is 15.0. The molecule has 21 heavy (non-hydrogen) atoms. The van der Waals surface area contributed by atoms with Crippen LogP contribution in [0.5, 0.6) is 0 Å². The van der Waals surface area contributed by atoms with E-state index in [1.807, 2.05) is 0 Å². The summed E-state index contributed by atoms with van der Waals surface area (Å²) < 4.78 is 58.2. The number of nitrogens with zero attached hydrogens (tertiary/aromatic N) is 1. The number of hydrogen-bond donors (Lipinski definition) is 0. The Bertz CT molecular complexity index is 671. The smallest absolute Gasteiger partial charge is 0.416 e. The van der Waals surface area contributed by atoms with Gasteiger partial charge in [0.2, 0.25) is 0 Å². The van der Waals surface area contributed by atoms with Crippen LogP contribution in [0.4, 0.5) is 13.2 Å². The van der Waals surface area contributed by atoms with E-state index < -0.39 is 27.8 Å². The highest BCUT2D eigenvalue weighted by Gasteiger charge is 2.31. The van der Waals surface area contributed by atoms with Crippen LogP contribution in [-0.2, 0) is 17.5 Å². The number of halogens is 3. The van der Waals surface area contributed by atoms with E-state index in [-0.39, 0.29) is 11.3 Å². The zero-order valence-electron chi connectivity index (χ0n) is 11.7. The van der Waals surface area contributed by atoms with Crippen molar-refractivity contribution in [1.29, 1.82) is 0 Å². The van der Waals surface area contributed by atoms with E-state index in [0.29, 0.717) is 5.39 Å². The molecule has 2 aromatic rings. The summed E-state index contributed by atoms with van der Waals surface area (Å²) in [5.74, 6) is 0.266. The molecule has 7 heteroatoms. The van der Waals surface area contributed by atoms with Gasteiger partial charge in [-0.2, -0.15) is 13.2 Å². The van der Waals surface area contributed by atoms with Gasteiger partial charge in [-0.05, 0) is 39.0 Å². The predicted molar refractivity (Wildman–Crippen MR) is 76.7 cm³/mol. The molecule has 0 bridgehead atoms. The van der Waals surface area contributed by atoms with Crippen LogP contribution in [0.15, 0.2) is 33.1 Å². The van der Waals surface area contributed by atoms with Gasteiger partial charge in [0.15, 0.2) is 5.76 Å². The Kier molecular flexibility index (Phi) is 4.08. The summed E-state index contributed by atoms with van der Waals surface area (Å²) in [7, 11) is 0. The van der Waals surface area contributed by atoms with Crippen molar-refractivity contribution >= 4 is 28.5 Å². The number of furan rings is 1. The molecule has 114 valence electrons. The molecule has 3 nitrogen and oxygen atoms in total. The van der Waals surface area contributed by atoms with Crippen molar-refractivity contribution in [2.75, 3.05) is 0 Å². The fourth-order valence-electron chi connectivity index (χ4n) is 1.55. The molecule has 0 saturated heterocycles. The standard InChI is InChI=1S/C14H14F3NO2S/c1-13(2,3)21(19)18-8-11-6-9-4-5-10(14(15,16)17)7-12(9)20-11/h4-8H,1-3H3/b18-8+. The maximum atomic E-state index is 12.6. The third kappa shape index (κ3) is 3.79. The molecule has 0 amide bonds. The van der Waals surface area contributed by atoms with Gasteiger partial charge in [0.05, 0.1) is 5.56 Å². The van der Waals surface area contributed by atoms with Gasteiger partial charge in [-0.15, -0.1) is 0 Å². The number of benzene rings is 1. The van der Waals surface area contributed by atoms with Crippen LogP contribution in [0.1, 0.15) is 32.1 Å². The summed E-state index contributed by atoms with van der Waals surface area (Å²) in [4.78, 5) is 0. The topological polar surface area (TPSA) is 48.6 Å². The van der Waals surface area contributed by atoms with E-state index in [2.05, 4.69) is 4.40 Å². The van der Waals surface area contributed by atoms with E-state index >= 15 is 0 Å². The summed E-state index contributed by atoms with van der Waals surface area (Å²) >= 11 is -1.45. The monoisotopic (exact) mass is 317 g/mol. The summed E-state index contributed by atoms with van der Waals surface area (Å²) in [6.45, 7) is 5.32. The lowest BCUT2D eigenvalue weighted by atomic mass is 10.1. The van der Waals surface area contributed by atoms with Gasteiger partial charge in [-0.25, -0.2) is 0 Å². The average Bonchev–Trinajstić information content (AvgIpc) is 2.75. The molecule has 0 aliphatic carbocycles. The summed E-state index contributed by atoms with van der Waals surface area (Å²) in [5.41, 5.74) is -0.654. The highest BCUT2D eigenvalue weighted by atomic mass is 32.2. The van der Waals surface area contributed by atoms with Crippen LogP contribution >= 0.6 is 0 Å². The highest BCUT2D eigenvalue weighted by Crippen LogP contribution is 2.32. The third-order valence-electron chi connectivity index (χ3n) is 2.67. The van der Waals surface area contributed by atoms with Gasteiger partial charge in [-0.3, -0.25) is 0 Å². The van der Waals surface area contributed by atoms with Crippen LogP contribution in [0.25, 0.3) is 11.0 Å². The first-order chi connectivity index (χ1) is 9.57. The molecule has 2 rings (SSSR count). The molecule has 0 aliphatic heterocycles. The second-order valence-corrected chi connectivity index (χ2v) is 7.43. The zero-order chi connectivity index (χ0) is 15.8. The molecule has 0 spiro atoms. The van der Waals surface area contributed by atoms with Crippen molar-refractivity contribution in [3.8, 4) is 0 Å². The first-order valence-corrected chi connectivity index (χ1v) is 7.25. The van der Waals surface area contributed by atoms with Crippen molar-refractivity contribution < 1.29 is 22.1 Å². The van der Waals surface area contributed by atoms with Crippen molar-refractivity contribution in [3.63, 3.8) is 0 Å². The Morgan fingerprint density at radius 3 is 2.43 bits per heavy atom. The fourth-order valence-corrected chi connectivity index (χ4v) is 2.07. The number of hydrogen-bond acceptors (Lipinski definition) is 3. The van der Waals surface area contributed by atoms with Crippen LogP contribution in [0, 0.1) is 0 Å². The van der Waals surface area contributed by atoms with Crippen LogP contribution in [0.3, 0.4) is 0 Å². The summed E-state index contributed by atoms with van der Waals surface area (Å²) in [6, 6.07) is 4.82. The van der Waals surface area contributed by atoms with E-state index in [4.69, 9.17) is 4.42 Å². The first-order valence-electron chi connectivity index (χ1n) is 6.14. The molecule has 0 radical (unpaired) electrons. The zero-order valence-corrected chi connectivity index (χ0v) is 12.5. The molecule has 0 fully saturated rings. The number of alkyl halides is 3. The van der Waals surface area contributed by atoms with Crippen LogP contribution in [-0.4, -0.2) is 15.5 Å². The van der Waals surface area contributed by atoms with Crippen molar-refractivity contribution in [2.45, 2.75) is 31.7 Å². The highest BCUT2D eigenvalue weighted by molar-refractivity contribution is 7.91. The maximum Gasteiger partial charge on any atom is 0.416 e. The molecule has 0 aliphatic rings. The minimum absolute atomic E-state index is 0.118. The van der Waals surface area contributed by atoms with Gasteiger partial charge >= 0.3 is 6.18 Å². The molecule has 1 unspecified atom stereocenters. The quantitative estimate of drug-likeness (QED) is 0.611. The fraction of sp³-hybridized carbons (Fsp3) is 0.357. The largest absolute Gasteiger partial charge is 0.591 e. The molecule has 0 N–H and O–H groups in total. The van der Waals surface area contributed by atoms with Gasteiger partial charge in [0, 0.05) is 5.39 Å². The Labute approximate surface area is 123 Å². The minimum atomic E-state index is -4.41. The number of rotatable bonds is 2. The third-order valence-corrected chi connectivity index (χ3v) is 4.01. The lowest BCUT2D eigenvalue weighted by Crippen LogP contribution is -2.25. The summed E-state index contributed by atoms with van der Waals surface area (Å²) in [6.07, 6.45) is -3.14. The molecule has 1 aromatic carbocycles. The second-order valence-electron chi connectivity index (χ2n) is 5.50. The Morgan fingerprint density at radius 1 is 1.19 bits per heavy atom. The average molecular weight is 317 g/mol. The van der Waals surface area contributed by atoms with Gasteiger partial charge in [-0.1, -0.05) is 10.5 Å². The second kappa shape index (κ2) is 5.38.